The number of ether oxygens (including phenoxy) is 1. The standard InChI is InChI=1S/C23H30N2O4S2/c1-3-29-21-13-12-20(16-22(21)31(27,28)25-14-6-5-7-15-25)24-23(26)19-10-8-18(9-11-19)17-30-4-2/h8-13,16H,3-7,14-15,17H2,1-2H3,(H,24,26). The molecule has 0 unspecified atom stereocenters. The number of nitrogens with one attached hydrogen (secondary N) is 1. The van der Waals surface area contributed by atoms with Crippen LogP contribution in [0.5, 0.6) is 5.75 Å². The molecular weight excluding hydrogens is 432 g/mol. The van der Waals surface area contributed by atoms with E-state index in [1.54, 1.807) is 24.3 Å². The Balaban J connectivity index is 1.81. The van der Waals surface area contributed by atoms with Gasteiger partial charge in [-0.05, 0) is 61.4 Å². The molecule has 1 aliphatic rings. The van der Waals surface area contributed by atoms with Crippen LogP contribution in [0.3, 0.4) is 0 Å². The third-order valence-corrected chi connectivity index (χ3v) is 7.99. The molecule has 0 atom stereocenters. The summed E-state index contributed by atoms with van der Waals surface area (Å²) in [4.78, 5) is 12.8. The van der Waals surface area contributed by atoms with Gasteiger partial charge in [0.15, 0.2) is 0 Å². The molecular formula is C23H30N2O4S2. The fourth-order valence-electron chi connectivity index (χ4n) is 3.48. The van der Waals surface area contributed by atoms with Crippen molar-refractivity contribution in [1.29, 1.82) is 0 Å². The fourth-order valence-corrected chi connectivity index (χ4v) is 5.79. The summed E-state index contributed by atoms with van der Waals surface area (Å²) in [5.74, 6) is 1.99. The van der Waals surface area contributed by atoms with Crippen LogP contribution in [0, 0.1) is 0 Å². The Bertz CT molecular complexity index is 985. The third-order valence-electron chi connectivity index (χ3n) is 5.12. The second kappa shape index (κ2) is 11.0. The lowest BCUT2D eigenvalue weighted by molar-refractivity contribution is 0.102. The molecule has 31 heavy (non-hydrogen) atoms. The number of rotatable bonds is 9. The van der Waals surface area contributed by atoms with Crippen LogP contribution in [0.1, 0.15) is 49.0 Å². The summed E-state index contributed by atoms with van der Waals surface area (Å²) in [6.07, 6.45) is 2.75. The van der Waals surface area contributed by atoms with Crippen molar-refractivity contribution in [2.75, 3.05) is 30.8 Å². The van der Waals surface area contributed by atoms with E-state index < -0.39 is 10.0 Å². The minimum absolute atomic E-state index is 0.0981. The molecule has 1 N–H and O–H groups in total. The first-order valence-electron chi connectivity index (χ1n) is 10.7. The zero-order valence-corrected chi connectivity index (χ0v) is 19.7. The molecule has 1 amide bonds. The lowest BCUT2D eigenvalue weighted by Gasteiger charge is -2.27. The van der Waals surface area contributed by atoms with Gasteiger partial charge in [-0.15, -0.1) is 0 Å². The normalized spacial score (nSPS) is 14.9. The summed E-state index contributed by atoms with van der Waals surface area (Å²) in [6, 6.07) is 12.3. The van der Waals surface area contributed by atoms with Crippen molar-refractivity contribution < 1.29 is 17.9 Å². The van der Waals surface area contributed by atoms with Crippen LogP contribution < -0.4 is 10.1 Å². The zero-order valence-electron chi connectivity index (χ0n) is 18.1. The Morgan fingerprint density at radius 3 is 2.42 bits per heavy atom. The molecule has 168 valence electrons. The van der Waals surface area contributed by atoms with Crippen molar-refractivity contribution in [2.24, 2.45) is 0 Å². The maximum Gasteiger partial charge on any atom is 0.255 e. The number of piperidine rings is 1. The van der Waals surface area contributed by atoms with E-state index >= 15 is 0 Å². The minimum Gasteiger partial charge on any atom is -0.492 e. The third kappa shape index (κ3) is 6.02. The quantitative estimate of drug-likeness (QED) is 0.581. The summed E-state index contributed by atoms with van der Waals surface area (Å²) in [6.45, 7) is 5.30. The summed E-state index contributed by atoms with van der Waals surface area (Å²) >= 11 is 1.83. The first-order valence-corrected chi connectivity index (χ1v) is 13.3. The summed E-state index contributed by atoms with van der Waals surface area (Å²) < 4.78 is 33.6. The van der Waals surface area contributed by atoms with Gasteiger partial charge in [-0.25, -0.2) is 8.42 Å². The van der Waals surface area contributed by atoms with E-state index in [0.717, 1.165) is 30.8 Å². The van der Waals surface area contributed by atoms with Crippen molar-refractivity contribution in [3.8, 4) is 5.75 Å². The van der Waals surface area contributed by atoms with Gasteiger partial charge >= 0.3 is 0 Å². The van der Waals surface area contributed by atoms with Gasteiger partial charge in [-0.1, -0.05) is 25.5 Å². The number of carbonyl (C=O) groups excluding carboxylic acids is 1. The highest BCUT2D eigenvalue weighted by molar-refractivity contribution is 7.98. The van der Waals surface area contributed by atoms with Crippen molar-refractivity contribution in [1.82, 2.24) is 4.31 Å². The molecule has 2 aromatic carbocycles. The molecule has 6 nitrogen and oxygen atoms in total. The number of sulfonamides is 1. The number of amides is 1. The van der Waals surface area contributed by atoms with Gasteiger partial charge in [0, 0.05) is 30.1 Å². The first-order chi connectivity index (χ1) is 15.0. The van der Waals surface area contributed by atoms with Gasteiger partial charge < -0.3 is 10.1 Å². The highest BCUT2D eigenvalue weighted by atomic mass is 32.2. The van der Waals surface area contributed by atoms with Crippen LogP contribution in [0.15, 0.2) is 47.4 Å². The predicted octanol–water partition coefficient (Wildman–Crippen LogP) is 4.77. The van der Waals surface area contributed by atoms with Crippen molar-refractivity contribution >= 4 is 33.4 Å². The second-order valence-electron chi connectivity index (χ2n) is 7.35. The Labute approximate surface area is 189 Å². The highest BCUT2D eigenvalue weighted by Crippen LogP contribution is 2.31. The molecule has 0 saturated carbocycles. The molecule has 3 rings (SSSR count). The molecule has 0 bridgehead atoms. The molecule has 1 aliphatic heterocycles. The second-order valence-corrected chi connectivity index (χ2v) is 10.5. The van der Waals surface area contributed by atoms with Crippen molar-refractivity contribution in [3.63, 3.8) is 0 Å². The van der Waals surface area contributed by atoms with E-state index in [1.165, 1.54) is 15.9 Å². The van der Waals surface area contributed by atoms with Crippen LogP contribution in [-0.4, -0.2) is 44.1 Å². The molecule has 0 spiro atoms. The molecule has 0 aromatic heterocycles. The average molecular weight is 463 g/mol. The Kier molecular flexibility index (Phi) is 8.40. The molecule has 1 heterocycles. The lowest BCUT2D eigenvalue weighted by Crippen LogP contribution is -2.35. The predicted molar refractivity (Wildman–Crippen MR) is 126 cm³/mol. The average Bonchev–Trinajstić information content (AvgIpc) is 2.79. The van der Waals surface area contributed by atoms with Crippen molar-refractivity contribution in [2.45, 2.75) is 43.8 Å². The van der Waals surface area contributed by atoms with E-state index in [2.05, 4.69) is 12.2 Å². The number of benzene rings is 2. The first kappa shape index (κ1) is 23.6. The van der Waals surface area contributed by atoms with Crippen LogP contribution >= 0.6 is 11.8 Å². The Morgan fingerprint density at radius 2 is 1.77 bits per heavy atom. The van der Waals surface area contributed by atoms with E-state index in [-0.39, 0.29) is 10.8 Å². The van der Waals surface area contributed by atoms with Gasteiger partial charge in [-0.2, -0.15) is 16.1 Å². The fraction of sp³-hybridized carbons (Fsp3) is 0.435. The number of hydrogen-bond acceptors (Lipinski definition) is 5. The van der Waals surface area contributed by atoms with E-state index in [1.807, 2.05) is 30.8 Å². The number of hydrogen-bond donors (Lipinski definition) is 1. The molecule has 1 fully saturated rings. The van der Waals surface area contributed by atoms with Gasteiger partial charge in [0.05, 0.1) is 6.61 Å². The van der Waals surface area contributed by atoms with Crippen LogP contribution in [0.25, 0.3) is 0 Å². The highest BCUT2D eigenvalue weighted by Gasteiger charge is 2.29. The van der Waals surface area contributed by atoms with Crippen LogP contribution in [0.2, 0.25) is 0 Å². The lowest BCUT2D eigenvalue weighted by atomic mass is 10.1. The van der Waals surface area contributed by atoms with Gasteiger partial charge in [0.25, 0.3) is 5.91 Å². The SMILES string of the molecule is CCOc1ccc(NC(=O)c2ccc(CSCC)cc2)cc1S(=O)(=O)N1CCCCC1. The Morgan fingerprint density at radius 1 is 1.06 bits per heavy atom. The molecule has 0 aliphatic carbocycles. The Hall–Kier alpha value is -2.03. The molecule has 1 saturated heterocycles. The van der Waals surface area contributed by atoms with E-state index in [9.17, 15) is 13.2 Å². The van der Waals surface area contributed by atoms with Gasteiger partial charge in [-0.3, -0.25) is 4.79 Å². The van der Waals surface area contributed by atoms with Gasteiger partial charge in [0.2, 0.25) is 10.0 Å². The van der Waals surface area contributed by atoms with Gasteiger partial charge in [0.1, 0.15) is 10.6 Å². The monoisotopic (exact) mass is 462 g/mol. The van der Waals surface area contributed by atoms with E-state index in [4.69, 9.17) is 4.74 Å². The molecule has 0 radical (unpaired) electrons. The smallest absolute Gasteiger partial charge is 0.255 e. The number of thioether (sulfide) groups is 1. The summed E-state index contributed by atoms with van der Waals surface area (Å²) in [5, 5.41) is 2.82. The number of anilines is 1. The maximum absolute atomic E-state index is 13.2. The minimum atomic E-state index is -3.70. The summed E-state index contributed by atoms with van der Waals surface area (Å²) in [7, 11) is -3.70. The van der Waals surface area contributed by atoms with E-state index in [0.29, 0.717) is 36.7 Å². The largest absolute Gasteiger partial charge is 0.492 e. The molecule has 2 aromatic rings. The van der Waals surface area contributed by atoms with Crippen molar-refractivity contribution in [3.05, 3.63) is 53.6 Å². The van der Waals surface area contributed by atoms with Crippen LogP contribution in [0.4, 0.5) is 5.69 Å². The topological polar surface area (TPSA) is 75.7 Å². The number of carbonyl (C=O) groups is 1. The van der Waals surface area contributed by atoms with Crippen LogP contribution in [-0.2, 0) is 15.8 Å². The maximum atomic E-state index is 13.2. The zero-order chi connectivity index (χ0) is 22.3. The summed E-state index contributed by atoms with van der Waals surface area (Å²) in [5.41, 5.74) is 2.12. The molecule has 8 heteroatoms. The number of nitrogens with zero attached hydrogens (tertiary/aromatic N) is 1.